The van der Waals surface area contributed by atoms with Crippen molar-refractivity contribution in [1.82, 2.24) is 0 Å². The Labute approximate surface area is 262 Å². The Bertz CT molecular complexity index is 1840. The number of phenolic OH excluding ortho intramolecular Hbond substituents is 6. The Hall–Kier alpha value is -5.56. The maximum Gasteiger partial charge on any atom is 0.157 e. The van der Waals surface area contributed by atoms with Gasteiger partial charge in [-0.15, -0.1) is 0 Å². The first kappa shape index (κ1) is 30.9. The van der Waals surface area contributed by atoms with Crippen LogP contribution >= 0.6 is 0 Å². The molecule has 0 aliphatic carbocycles. The van der Waals surface area contributed by atoms with Crippen molar-refractivity contribution in [3.05, 3.63) is 118 Å². The second kappa shape index (κ2) is 12.6. The molecule has 1 heterocycles. The fourth-order valence-corrected chi connectivity index (χ4v) is 5.48. The molecule has 230 valence electrons. The number of rotatable bonds is 7. The van der Waals surface area contributed by atoms with E-state index in [0.717, 1.165) is 11.1 Å². The minimum absolute atomic E-state index is 0.0354. The van der Waals surface area contributed by atoms with Gasteiger partial charge in [-0.1, -0.05) is 54.2 Å². The largest absolute Gasteiger partial charge is 0.508 e. The summed E-state index contributed by atoms with van der Waals surface area (Å²) in [6.45, 7) is 5.99. The second-order valence-corrected chi connectivity index (χ2v) is 11.8. The van der Waals surface area contributed by atoms with Crippen LogP contribution in [-0.2, 0) is 0 Å². The molecule has 7 nitrogen and oxygen atoms in total. The molecule has 0 spiro atoms. The molecule has 4 aromatic carbocycles. The molecule has 0 aromatic heterocycles. The van der Waals surface area contributed by atoms with Crippen molar-refractivity contribution in [3.8, 4) is 40.2 Å². The molecule has 2 atom stereocenters. The van der Waals surface area contributed by atoms with E-state index < -0.39 is 5.60 Å². The molecule has 0 fully saturated rings. The Kier molecular flexibility index (Phi) is 8.64. The Balaban J connectivity index is 1.44. The minimum Gasteiger partial charge on any atom is -0.508 e. The summed E-state index contributed by atoms with van der Waals surface area (Å²) in [4.78, 5) is 0. The summed E-state index contributed by atoms with van der Waals surface area (Å²) in [6.07, 6.45) is 13.5. The van der Waals surface area contributed by atoms with Crippen molar-refractivity contribution < 1.29 is 35.4 Å². The van der Waals surface area contributed by atoms with Gasteiger partial charge in [-0.25, -0.2) is 0 Å². The fraction of sp³-hybridized carbons (Fsp3) is 0.158. The lowest BCUT2D eigenvalue weighted by atomic mass is 9.81. The molecule has 0 bridgehead atoms. The molecular formula is C38H36O7. The van der Waals surface area contributed by atoms with Crippen molar-refractivity contribution in [2.24, 2.45) is 0 Å². The van der Waals surface area contributed by atoms with E-state index in [1.807, 2.05) is 51.1 Å². The summed E-state index contributed by atoms with van der Waals surface area (Å²) in [5, 5.41) is 60.7. The van der Waals surface area contributed by atoms with Crippen LogP contribution in [0.3, 0.4) is 0 Å². The van der Waals surface area contributed by atoms with E-state index in [2.05, 4.69) is 6.08 Å². The number of phenols is 6. The molecule has 0 saturated carbocycles. The fourth-order valence-electron chi connectivity index (χ4n) is 5.48. The van der Waals surface area contributed by atoms with Crippen molar-refractivity contribution in [1.29, 1.82) is 0 Å². The standard InChI is InChI=1S/C38H36O7/c1-23(2)14-29-22-38(3,13-12-28-15-24(8-10-32(28)41)4-6-26-16-30(39)21-31(40)17-26)45-36-20-27(19-35(44)37(29)36)7-5-25-9-11-33(42)34(43)18-25/h4-21,29,39-44H,22H2,1-3H3/b6-4+,7-5+,13-12+/t29-,38-/m1/s1. The van der Waals surface area contributed by atoms with Crippen LogP contribution in [0, 0.1) is 0 Å². The Morgan fingerprint density at radius 1 is 0.644 bits per heavy atom. The van der Waals surface area contributed by atoms with Crippen molar-refractivity contribution >= 4 is 30.4 Å². The summed E-state index contributed by atoms with van der Waals surface area (Å²) in [5.41, 5.74) is 4.42. The van der Waals surface area contributed by atoms with Gasteiger partial charge in [0.15, 0.2) is 11.5 Å². The van der Waals surface area contributed by atoms with Gasteiger partial charge in [0.1, 0.15) is 34.3 Å². The lowest BCUT2D eigenvalue weighted by Gasteiger charge is -2.38. The Morgan fingerprint density at radius 2 is 1.22 bits per heavy atom. The van der Waals surface area contributed by atoms with E-state index in [4.69, 9.17) is 4.74 Å². The predicted octanol–water partition coefficient (Wildman–Crippen LogP) is 8.57. The van der Waals surface area contributed by atoms with E-state index in [9.17, 15) is 30.6 Å². The van der Waals surface area contributed by atoms with Crippen LogP contribution < -0.4 is 4.74 Å². The smallest absolute Gasteiger partial charge is 0.157 e. The molecule has 4 aromatic rings. The van der Waals surface area contributed by atoms with E-state index in [0.29, 0.717) is 40.0 Å². The predicted molar refractivity (Wildman–Crippen MR) is 178 cm³/mol. The summed E-state index contributed by atoms with van der Waals surface area (Å²) in [6, 6.07) is 17.6. The highest BCUT2D eigenvalue weighted by Gasteiger charge is 2.36. The highest BCUT2D eigenvalue weighted by molar-refractivity contribution is 5.75. The molecule has 7 heteroatoms. The first-order valence-corrected chi connectivity index (χ1v) is 14.5. The molecule has 5 rings (SSSR count). The van der Waals surface area contributed by atoms with E-state index in [-0.39, 0.29) is 40.4 Å². The second-order valence-electron chi connectivity index (χ2n) is 11.8. The monoisotopic (exact) mass is 604 g/mol. The highest BCUT2D eigenvalue weighted by Crippen LogP contribution is 2.48. The molecule has 6 N–H and O–H groups in total. The lowest BCUT2D eigenvalue weighted by Crippen LogP contribution is -2.35. The number of fused-ring (bicyclic) bond motifs is 1. The number of aromatic hydroxyl groups is 6. The zero-order valence-corrected chi connectivity index (χ0v) is 25.3. The van der Waals surface area contributed by atoms with Crippen LogP contribution in [0.5, 0.6) is 40.2 Å². The molecule has 1 aliphatic rings. The molecule has 0 radical (unpaired) electrons. The summed E-state index contributed by atoms with van der Waals surface area (Å²) < 4.78 is 6.53. The van der Waals surface area contributed by atoms with Gasteiger partial charge in [-0.05, 0) is 97.6 Å². The third-order valence-electron chi connectivity index (χ3n) is 7.54. The van der Waals surface area contributed by atoms with Crippen molar-refractivity contribution in [3.63, 3.8) is 0 Å². The van der Waals surface area contributed by atoms with Gasteiger partial charge >= 0.3 is 0 Å². The van der Waals surface area contributed by atoms with Crippen LogP contribution in [-0.4, -0.2) is 36.2 Å². The van der Waals surface area contributed by atoms with Gasteiger partial charge in [0.2, 0.25) is 0 Å². The average molecular weight is 605 g/mol. The van der Waals surface area contributed by atoms with Crippen molar-refractivity contribution in [2.75, 3.05) is 0 Å². The Morgan fingerprint density at radius 3 is 1.87 bits per heavy atom. The maximum atomic E-state index is 11.1. The molecular weight excluding hydrogens is 568 g/mol. The summed E-state index contributed by atoms with van der Waals surface area (Å²) in [5.74, 6) is 0.150. The first-order chi connectivity index (χ1) is 21.4. The number of hydrogen-bond donors (Lipinski definition) is 6. The maximum absolute atomic E-state index is 11.1. The number of hydrogen-bond acceptors (Lipinski definition) is 7. The summed E-state index contributed by atoms with van der Waals surface area (Å²) in [7, 11) is 0. The minimum atomic E-state index is -0.779. The van der Waals surface area contributed by atoms with E-state index in [1.165, 1.54) is 30.3 Å². The van der Waals surface area contributed by atoms with Crippen LogP contribution in [0.1, 0.15) is 66.5 Å². The number of benzene rings is 4. The van der Waals surface area contributed by atoms with Crippen LogP contribution in [0.4, 0.5) is 0 Å². The highest BCUT2D eigenvalue weighted by atomic mass is 16.5. The van der Waals surface area contributed by atoms with Crippen LogP contribution in [0.2, 0.25) is 0 Å². The topological polar surface area (TPSA) is 131 Å². The zero-order valence-electron chi connectivity index (χ0n) is 25.3. The molecule has 45 heavy (non-hydrogen) atoms. The first-order valence-electron chi connectivity index (χ1n) is 14.5. The lowest BCUT2D eigenvalue weighted by molar-refractivity contribution is 0.107. The number of ether oxygens (including phenoxy) is 1. The normalized spacial score (nSPS) is 17.9. The SMILES string of the molecule is CC(C)=C[C@@H]1C[C@@](C)(/C=C/c2cc(/C=C/c3cc(O)cc(O)c3)ccc2O)Oc2cc(/C=C/c3ccc(O)c(O)c3)cc(O)c21. The third-order valence-corrected chi connectivity index (χ3v) is 7.54. The van der Waals surface area contributed by atoms with E-state index in [1.54, 1.807) is 42.5 Å². The number of allylic oxidation sites excluding steroid dienone is 2. The van der Waals surface area contributed by atoms with Gasteiger partial charge < -0.3 is 35.4 Å². The van der Waals surface area contributed by atoms with Gasteiger partial charge in [-0.3, -0.25) is 0 Å². The van der Waals surface area contributed by atoms with Crippen LogP contribution in [0.15, 0.2) is 84.5 Å². The summed E-state index contributed by atoms with van der Waals surface area (Å²) >= 11 is 0. The van der Waals surface area contributed by atoms with Crippen LogP contribution in [0.25, 0.3) is 30.4 Å². The van der Waals surface area contributed by atoms with Gasteiger partial charge in [0.25, 0.3) is 0 Å². The van der Waals surface area contributed by atoms with Gasteiger partial charge in [-0.2, -0.15) is 0 Å². The molecule has 0 saturated heterocycles. The quantitative estimate of drug-likeness (QED) is 0.0708. The molecule has 1 aliphatic heterocycles. The molecule has 0 unspecified atom stereocenters. The van der Waals surface area contributed by atoms with E-state index >= 15 is 0 Å². The van der Waals surface area contributed by atoms with Gasteiger partial charge in [0.05, 0.1) is 0 Å². The average Bonchev–Trinajstić information content (AvgIpc) is 2.95. The van der Waals surface area contributed by atoms with Gasteiger partial charge in [0, 0.05) is 29.5 Å². The molecule has 0 amide bonds. The van der Waals surface area contributed by atoms with Crippen molar-refractivity contribution in [2.45, 2.75) is 38.7 Å². The zero-order chi connectivity index (χ0) is 32.3. The third kappa shape index (κ3) is 7.51.